The highest BCUT2D eigenvalue weighted by Crippen LogP contribution is 2.21. The van der Waals surface area contributed by atoms with Crippen molar-refractivity contribution in [2.75, 3.05) is 7.11 Å². The van der Waals surface area contributed by atoms with Gasteiger partial charge in [0.05, 0.1) is 6.61 Å². The van der Waals surface area contributed by atoms with Crippen molar-refractivity contribution in [3.8, 4) is 0 Å². The molecule has 0 fully saturated rings. The second-order valence-electron chi connectivity index (χ2n) is 2.76. The first-order chi connectivity index (χ1) is 6.16. The van der Waals surface area contributed by atoms with Crippen LogP contribution in [-0.4, -0.2) is 12.9 Å². The smallest absolute Gasteiger partial charge is 0.160 e. The first-order valence-electron chi connectivity index (χ1n) is 3.94. The molecule has 1 rings (SSSR count). The molecule has 0 saturated carbocycles. The molecule has 3 heteroatoms. The molecule has 2 nitrogen and oxygen atoms in total. The van der Waals surface area contributed by atoms with Gasteiger partial charge in [-0.15, -0.1) is 0 Å². The summed E-state index contributed by atoms with van der Waals surface area (Å²) >= 11 is 5.92. The average molecular weight is 199 g/mol. The molecule has 0 aliphatic carbocycles. The van der Waals surface area contributed by atoms with E-state index in [1.807, 2.05) is 0 Å². The van der Waals surface area contributed by atoms with Crippen LogP contribution in [0.1, 0.15) is 22.8 Å². The van der Waals surface area contributed by atoms with Gasteiger partial charge in [0.15, 0.2) is 5.78 Å². The van der Waals surface area contributed by atoms with Gasteiger partial charge < -0.3 is 4.74 Å². The molecule has 0 heterocycles. The molecule has 1 aromatic carbocycles. The zero-order chi connectivity index (χ0) is 9.84. The summed E-state index contributed by atoms with van der Waals surface area (Å²) in [5.41, 5.74) is 1.40. The molecule has 0 aliphatic rings. The number of methoxy groups -OCH3 is 1. The van der Waals surface area contributed by atoms with E-state index in [-0.39, 0.29) is 5.78 Å². The first kappa shape index (κ1) is 10.2. The minimum atomic E-state index is 0.00884. The summed E-state index contributed by atoms with van der Waals surface area (Å²) in [5, 5.41) is 0.578. The van der Waals surface area contributed by atoms with Gasteiger partial charge in [-0.05, 0) is 13.0 Å². The van der Waals surface area contributed by atoms with E-state index in [2.05, 4.69) is 0 Å². The molecule has 0 N–H and O–H groups in total. The van der Waals surface area contributed by atoms with Gasteiger partial charge in [-0.3, -0.25) is 4.79 Å². The highest BCUT2D eigenvalue weighted by Gasteiger charge is 2.09. The van der Waals surface area contributed by atoms with Gasteiger partial charge in [0, 0.05) is 23.3 Å². The predicted molar refractivity (Wildman–Crippen MR) is 52.2 cm³/mol. The maximum atomic E-state index is 11.2. The molecule has 0 aliphatic heterocycles. The van der Waals surface area contributed by atoms with Gasteiger partial charge in [0.1, 0.15) is 0 Å². The quantitative estimate of drug-likeness (QED) is 0.699. The fourth-order valence-electron chi connectivity index (χ4n) is 1.18. The van der Waals surface area contributed by atoms with Gasteiger partial charge in [-0.2, -0.15) is 0 Å². The Bertz CT molecular complexity index is 321. The van der Waals surface area contributed by atoms with Crippen LogP contribution in [0.15, 0.2) is 18.2 Å². The van der Waals surface area contributed by atoms with Crippen molar-refractivity contribution >= 4 is 17.4 Å². The second kappa shape index (κ2) is 4.40. The van der Waals surface area contributed by atoms with E-state index in [9.17, 15) is 4.79 Å². The van der Waals surface area contributed by atoms with E-state index >= 15 is 0 Å². The Morgan fingerprint density at radius 1 is 1.54 bits per heavy atom. The van der Waals surface area contributed by atoms with Crippen molar-refractivity contribution in [3.05, 3.63) is 34.3 Å². The van der Waals surface area contributed by atoms with Crippen LogP contribution in [0.4, 0.5) is 0 Å². The highest BCUT2D eigenvalue weighted by atomic mass is 35.5. The van der Waals surface area contributed by atoms with E-state index in [0.717, 1.165) is 5.56 Å². The SMILES string of the molecule is COCc1c(Cl)cccc1C(C)=O. The predicted octanol–water partition coefficient (Wildman–Crippen LogP) is 2.69. The zero-order valence-electron chi connectivity index (χ0n) is 7.63. The summed E-state index contributed by atoms with van der Waals surface area (Å²) in [5.74, 6) is 0.00884. The van der Waals surface area contributed by atoms with E-state index < -0.39 is 0 Å². The summed E-state index contributed by atoms with van der Waals surface area (Å²) in [6.07, 6.45) is 0. The number of hydrogen-bond donors (Lipinski definition) is 0. The fourth-order valence-corrected chi connectivity index (χ4v) is 1.41. The summed E-state index contributed by atoms with van der Waals surface area (Å²) in [6, 6.07) is 5.27. The van der Waals surface area contributed by atoms with Crippen LogP contribution < -0.4 is 0 Å². The van der Waals surface area contributed by atoms with E-state index in [0.29, 0.717) is 17.2 Å². The normalized spacial score (nSPS) is 10.1. The molecule has 0 bridgehead atoms. The van der Waals surface area contributed by atoms with Crippen molar-refractivity contribution in [2.45, 2.75) is 13.5 Å². The monoisotopic (exact) mass is 198 g/mol. The maximum Gasteiger partial charge on any atom is 0.160 e. The summed E-state index contributed by atoms with van der Waals surface area (Å²) in [7, 11) is 1.58. The van der Waals surface area contributed by atoms with Gasteiger partial charge in [0.2, 0.25) is 0 Å². The van der Waals surface area contributed by atoms with Crippen molar-refractivity contribution in [2.24, 2.45) is 0 Å². The molecule has 0 aromatic heterocycles. The van der Waals surface area contributed by atoms with Crippen LogP contribution in [0, 0.1) is 0 Å². The molecule has 1 aromatic rings. The van der Waals surface area contributed by atoms with Crippen LogP contribution in [0.2, 0.25) is 5.02 Å². The van der Waals surface area contributed by atoms with Gasteiger partial charge >= 0.3 is 0 Å². The lowest BCUT2D eigenvalue weighted by molar-refractivity contribution is 0.101. The molecule has 0 saturated heterocycles. The minimum absolute atomic E-state index is 0.00884. The average Bonchev–Trinajstić information content (AvgIpc) is 2.08. The van der Waals surface area contributed by atoms with Gasteiger partial charge in [-0.1, -0.05) is 23.7 Å². The van der Waals surface area contributed by atoms with E-state index in [1.165, 1.54) is 6.92 Å². The third-order valence-electron chi connectivity index (χ3n) is 1.79. The lowest BCUT2D eigenvalue weighted by Gasteiger charge is -2.07. The summed E-state index contributed by atoms with van der Waals surface area (Å²) in [6.45, 7) is 1.89. The minimum Gasteiger partial charge on any atom is -0.380 e. The van der Waals surface area contributed by atoms with Crippen molar-refractivity contribution in [1.82, 2.24) is 0 Å². The molecule has 0 atom stereocenters. The summed E-state index contributed by atoms with van der Waals surface area (Å²) in [4.78, 5) is 11.2. The van der Waals surface area contributed by atoms with Crippen molar-refractivity contribution < 1.29 is 9.53 Å². The molecule has 13 heavy (non-hydrogen) atoms. The Kier molecular flexibility index (Phi) is 3.46. The number of carbonyl (C=O) groups excluding carboxylic acids is 1. The van der Waals surface area contributed by atoms with Crippen LogP contribution >= 0.6 is 11.6 Å². The van der Waals surface area contributed by atoms with Crippen LogP contribution in [0.3, 0.4) is 0 Å². The number of Topliss-reactive ketones (excluding diaryl/α,β-unsaturated/α-hetero) is 1. The third kappa shape index (κ3) is 2.29. The number of carbonyl (C=O) groups is 1. The molecule has 0 spiro atoms. The van der Waals surface area contributed by atoms with Gasteiger partial charge in [-0.25, -0.2) is 0 Å². The van der Waals surface area contributed by atoms with Crippen LogP contribution in [0.5, 0.6) is 0 Å². The molecular formula is C10H11ClO2. The number of hydrogen-bond acceptors (Lipinski definition) is 2. The number of halogens is 1. The molecule has 70 valence electrons. The number of rotatable bonds is 3. The fraction of sp³-hybridized carbons (Fsp3) is 0.300. The lowest BCUT2D eigenvalue weighted by Crippen LogP contribution is -2.01. The second-order valence-corrected chi connectivity index (χ2v) is 3.16. The summed E-state index contributed by atoms with van der Waals surface area (Å²) < 4.78 is 4.96. The Morgan fingerprint density at radius 2 is 2.23 bits per heavy atom. The van der Waals surface area contributed by atoms with E-state index in [4.69, 9.17) is 16.3 Å². The molecule has 0 unspecified atom stereocenters. The number of ketones is 1. The lowest BCUT2D eigenvalue weighted by atomic mass is 10.1. The highest BCUT2D eigenvalue weighted by molar-refractivity contribution is 6.31. The van der Waals surface area contributed by atoms with Gasteiger partial charge in [0.25, 0.3) is 0 Å². The largest absolute Gasteiger partial charge is 0.380 e. The topological polar surface area (TPSA) is 26.3 Å². The van der Waals surface area contributed by atoms with Crippen LogP contribution in [-0.2, 0) is 11.3 Å². The first-order valence-corrected chi connectivity index (χ1v) is 4.32. The number of ether oxygens (including phenoxy) is 1. The van der Waals surface area contributed by atoms with Crippen molar-refractivity contribution in [1.29, 1.82) is 0 Å². The zero-order valence-corrected chi connectivity index (χ0v) is 8.39. The number of benzene rings is 1. The van der Waals surface area contributed by atoms with Crippen molar-refractivity contribution in [3.63, 3.8) is 0 Å². The standard InChI is InChI=1S/C10H11ClO2/c1-7(12)8-4-3-5-10(11)9(8)6-13-2/h3-5H,6H2,1-2H3. The Morgan fingerprint density at radius 3 is 2.77 bits per heavy atom. The molecule has 0 amide bonds. The Balaban J connectivity index is 3.17. The maximum absolute atomic E-state index is 11.2. The third-order valence-corrected chi connectivity index (χ3v) is 2.14. The molecule has 0 radical (unpaired) electrons. The van der Waals surface area contributed by atoms with E-state index in [1.54, 1.807) is 25.3 Å². The molecular weight excluding hydrogens is 188 g/mol. The van der Waals surface area contributed by atoms with Crippen LogP contribution in [0.25, 0.3) is 0 Å². The Labute approximate surface area is 82.5 Å². The Hall–Kier alpha value is -0.860.